The van der Waals surface area contributed by atoms with Crippen molar-refractivity contribution in [3.05, 3.63) is 48.3 Å². The lowest BCUT2D eigenvalue weighted by molar-refractivity contribution is -0.122. The topological polar surface area (TPSA) is 59.4 Å². The fraction of sp³-hybridized carbons (Fsp3) is 0.474. The summed E-state index contributed by atoms with van der Waals surface area (Å²) >= 11 is 0. The van der Waals surface area contributed by atoms with E-state index >= 15 is 0 Å². The molecule has 1 fully saturated rings. The van der Waals surface area contributed by atoms with Gasteiger partial charge in [-0.3, -0.25) is 14.4 Å². The predicted molar refractivity (Wildman–Crippen MR) is 96.5 cm³/mol. The molecule has 0 bridgehead atoms. The Bertz CT molecular complexity index is 655. The minimum atomic E-state index is 0.0980. The molecule has 2 heterocycles. The lowest BCUT2D eigenvalue weighted by Gasteiger charge is -2.23. The van der Waals surface area contributed by atoms with E-state index in [-0.39, 0.29) is 5.91 Å². The zero-order valence-corrected chi connectivity index (χ0v) is 14.7. The highest BCUT2D eigenvalue weighted by Crippen LogP contribution is 2.18. The van der Waals surface area contributed by atoms with Crippen molar-refractivity contribution >= 4 is 5.91 Å². The summed E-state index contributed by atoms with van der Waals surface area (Å²) in [4.78, 5) is 14.5. The maximum absolute atomic E-state index is 12.2. The van der Waals surface area contributed by atoms with Crippen LogP contribution in [0, 0.1) is 0 Å². The molecule has 1 N–H and O–H groups in total. The summed E-state index contributed by atoms with van der Waals surface area (Å²) in [6.45, 7) is 2.96. The second kappa shape index (κ2) is 8.67. The van der Waals surface area contributed by atoms with Crippen molar-refractivity contribution in [2.45, 2.75) is 31.8 Å². The van der Waals surface area contributed by atoms with Crippen molar-refractivity contribution in [2.75, 3.05) is 26.7 Å². The van der Waals surface area contributed by atoms with Gasteiger partial charge in [0.05, 0.1) is 20.2 Å². The van der Waals surface area contributed by atoms with Crippen LogP contribution in [0.25, 0.3) is 0 Å². The molecule has 6 nitrogen and oxygen atoms in total. The van der Waals surface area contributed by atoms with Crippen LogP contribution in [0.5, 0.6) is 5.75 Å². The summed E-state index contributed by atoms with van der Waals surface area (Å²) in [6.07, 6.45) is 6.87. The Labute approximate surface area is 148 Å². The Kier molecular flexibility index (Phi) is 6.06. The second-order valence-corrected chi connectivity index (χ2v) is 6.44. The highest BCUT2D eigenvalue weighted by atomic mass is 16.5. The molecule has 2 aromatic rings. The number of rotatable bonds is 8. The van der Waals surface area contributed by atoms with Gasteiger partial charge in [0.25, 0.3) is 0 Å². The highest BCUT2D eigenvalue weighted by molar-refractivity contribution is 5.78. The number of nitrogens with zero attached hydrogens (tertiary/aromatic N) is 3. The molecule has 1 atom stereocenters. The first kappa shape index (κ1) is 17.5. The Hall–Kier alpha value is -2.34. The molecule has 6 heteroatoms. The summed E-state index contributed by atoms with van der Waals surface area (Å²) < 4.78 is 7.10. The van der Waals surface area contributed by atoms with Crippen LogP contribution in [0.3, 0.4) is 0 Å². The van der Waals surface area contributed by atoms with E-state index in [0.717, 1.165) is 38.1 Å². The van der Waals surface area contributed by atoms with Gasteiger partial charge >= 0.3 is 0 Å². The molecule has 1 amide bonds. The molecule has 0 saturated carbocycles. The third kappa shape index (κ3) is 5.06. The summed E-state index contributed by atoms with van der Waals surface area (Å²) in [5.41, 5.74) is 1.19. The van der Waals surface area contributed by atoms with Crippen molar-refractivity contribution < 1.29 is 9.53 Å². The van der Waals surface area contributed by atoms with E-state index in [1.54, 1.807) is 13.3 Å². The maximum atomic E-state index is 12.2. The van der Waals surface area contributed by atoms with Crippen molar-refractivity contribution in [1.29, 1.82) is 0 Å². The van der Waals surface area contributed by atoms with Crippen molar-refractivity contribution in [2.24, 2.45) is 0 Å². The standard InChI is InChI=1S/C19H26N4O2/c1-25-18-7-5-16(6-8-18)9-11-20-19(24)15-22-12-2-4-17(22)14-23-13-3-10-21-23/h3,5-8,10,13,17H,2,4,9,11-12,14-15H2,1H3,(H,20,24). The van der Waals surface area contributed by atoms with E-state index in [1.165, 1.54) is 5.56 Å². The largest absolute Gasteiger partial charge is 0.497 e. The van der Waals surface area contributed by atoms with Crippen LogP contribution in [-0.4, -0.2) is 53.4 Å². The fourth-order valence-electron chi connectivity index (χ4n) is 3.31. The van der Waals surface area contributed by atoms with Gasteiger partial charge in [-0.05, 0) is 49.6 Å². The molecule has 1 unspecified atom stereocenters. The third-order valence-electron chi connectivity index (χ3n) is 4.70. The predicted octanol–water partition coefficient (Wildman–Crippen LogP) is 1.71. The zero-order valence-electron chi connectivity index (χ0n) is 14.7. The van der Waals surface area contributed by atoms with Gasteiger partial charge in [0.15, 0.2) is 0 Å². The molecule has 1 saturated heterocycles. The molecule has 1 aromatic heterocycles. The Morgan fingerprint density at radius 1 is 1.36 bits per heavy atom. The zero-order chi connectivity index (χ0) is 17.5. The maximum Gasteiger partial charge on any atom is 0.234 e. The quantitative estimate of drug-likeness (QED) is 0.793. The first-order chi connectivity index (χ1) is 12.2. The van der Waals surface area contributed by atoms with E-state index < -0.39 is 0 Å². The van der Waals surface area contributed by atoms with Gasteiger partial charge < -0.3 is 10.1 Å². The highest BCUT2D eigenvalue weighted by Gasteiger charge is 2.26. The number of nitrogens with one attached hydrogen (secondary N) is 1. The van der Waals surface area contributed by atoms with Gasteiger partial charge in [0, 0.05) is 25.0 Å². The number of ether oxygens (including phenoxy) is 1. The first-order valence-corrected chi connectivity index (χ1v) is 8.85. The van der Waals surface area contributed by atoms with E-state index in [1.807, 2.05) is 41.2 Å². The lowest BCUT2D eigenvalue weighted by atomic mass is 10.1. The lowest BCUT2D eigenvalue weighted by Crippen LogP contribution is -2.41. The van der Waals surface area contributed by atoms with E-state index in [9.17, 15) is 4.79 Å². The summed E-state index contributed by atoms with van der Waals surface area (Å²) in [7, 11) is 1.66. The number of amides is 1. The number of methoxy groups -OCH3 is 1. The number of carbonyl (C=O) groups is 1. The normalized spacial score (nSPS) is 17.6. The number of likely N-dealkylation sites (tertiary alicyclic amines) is 1. The van der Waals surface area contributed by atoms with Gasteiger partial charge in [-0.25, -0.2) is 0 Å². The number of carbonyl (C=O) groups excluding carboxylic acids is 1. The van der Waals surface area contributed by atoms with Gasteiger partial charge in [-0.2, -0.15) is 5.10 Å². The molecule has 0 aliphatic carbocycles. The van der Waals surface area contributed by atoms with Gasteiger partial charge in [0.2, 0.25) is 5.91 Å². The summed E-state index contributed by atoms with van der Waals surface area (Å²) in [6, 6.07) is 10.3. The van der Waals surface area contributed by atoms with E-state index in [2.05, 4.69) is 15.3 Å². The van der Waals surface area contributed by atoms with Crippen molar-refractivity contribution in [1.82, 2.24) is 20.0 Å². The van der Waals surface area contributed by atoms with Crippen molar-refractivity contribution in [3.63, 3.8) is 0 Å². The fourth-order valence-corrected chi connectivity index (χ4v) is 3.31. The smallest absolute Gasteiger partial charge is 0.234 e. The molecule has 3 rings (SSSR count). The minimum Gasteiger partial charge on any atom is -0.497 e. The summed E-state index contributed by atoms with van der Waals surface area (Å²) in [5.74, 6) is 0.950. The molecular formula is C19H26N4O2. The average Bonchev–Trinajstić information content (AvgIpc) is 3.28. The van der Waals surface area contributed by atoms with E-state index in [0.29, 0.717) is 19.1 Å². The molecule has 25 heavy (non-hydrogen) atoms. The number of aromatic nitrogens is 2. The van der Waals surface area contributed by atoms with Crippen LogP contribution in [0.2, 0.25) is 0 Å². The van der Waals surface area contributed by atoms with Crippen LogP contribution in [-0.2, 0) is 17.8 Å². The molecular weight excluding hydrogens is 316 g/mol. The first-order valence-electron chi connectivity index (χ1n) is 8.85. The Balaban J connectivity index is 1.40. The minimum absolute atomic E-state index is 0.0980. The Morgan fingerprint density at radius 3 is 2.92 bits per heavy atom. The molecule has 134 valence electrons. The molecule has 0 radical (unpaired) electrons. The number of hydrogen-bond donors (Lipinski definition) is 1. The van der Waals surface area contributed by atoms with Crippen LogP contribution in [0.15, 0.2) is 42.7 Å². The van der Waals surface area contributed by atoms with Gasteiger partial charge in [-0.15, -0.1) is 0 Å². The van der Waals surface area contributed by atoms with Crippen LogP contribution >= 0.6 is 0 Å². The number of hydrogen-bond acceptors (Lipinski definition) is 4. The molecule has 1 aliphatic heterocycles. The SMILES string of the molecule is COc1ccc(CCNC(=O)CN2CCCC2Cn2cccn2)cc1. The van der Waals surface area contributed by atoms with E-state index in [4.69, 9.17) is 4.74 Å². The van der Waals surface area contributed by atoms with Crippen LogP contribution in [0.1, 0.15) is 18.4 Å². The third-order valence-corrected chi connectivity index (χ3v) is 4.70. The average molecular weight is 342 g/mol. The monoisotopic (exact) mass is 342 g/mol. The molecule has 1 aliphatic rings. The van der Waals surface area contributed by atoms with Crippen LogP contribution in [0.4, 0.5) is 0 Å². The summed E-state index contributed by atoms with van der Waals surface area (Å²) in [5, 5.41) is 7.30. The molecule has 0 spiro atoms. The van der Waals surface area contributed by atoms with Gasteiger partial charge in [0.1, 0.15) is 5.75 Å². The Morgan fingerprint density at radius 2 is 2.20 bits per heavy atom. The number of benzene rings is 1. The van der Waals surface area contributed by atoms with Crippen LogP contribution < -0.4 is 10.1 Å². The van der Waals surface area contributed by atoms with Gasteiger partial charge in [-0.1, -0.05) is 12.1 Å². The van der Waals surface area contributed by atoms with Crippen molar-refractivity contribution in [3.8, 4) is 5.75 Å². The second-order valence-electron chi connectivity index (χ2n) is 6.44. The molecule has 1 aromatic carbocycles.